The summed E-state index contributed by atoms with van der Waals surface area (Å²) >= 11 is 0. The van der Waals surface area contributed by atoms with E-state index in [1.54, 1.807) is 12.1 Å². The molecular weight excluding hydrogens is 297 g/mol. The molecule has 0 unspecified atom stereocenters. The van der Waals surface area contributed by atoms with E-state index in [1.165, 1.54) is 17.0 Å². The van der Waals surface area contributed by atoms with E-state index in [-0.39, 0.29) is 12.4 Å². The van der Waals surface area contributed by atoms with Gasteiger partial charge < -0.3 is 9.84 Å². The van der Waals surface area contributed by atoms with Gasteiger partial charge in [-0.1, -0.05) is 42.5 Å². The van der Waals surface area contributed by atoms with Gasteiger partial charge in [0.2, 0.25) is 0 Å². The lowest BCUT2D eigenvalue weighted by atomic mass is 10.0. The molecule has 1 aliphatic heterocycles. The molecule has 1 N–H and O–H groups in total. The Labute approximate surface area is 134 Å². The summed E-state index contributed by atoms with van der Waals surface area (Å²) in [6.45, 7) is 0.554. The minimum Gasteiger partial charge on any atom is -0.445 e. The smallest absolute Gasteiger partial charge is 0.410 e. The normalized spacial score (nSPS) is 20.5. The Morgan fingerprint density at radius 3 is 2.74 bits per heavy atom. The highest BCUT2D eigenvalue weighted by Crippen LogP contribution is 2.33. The first-order chi connectivity index (χ1) is 11.1. The van der Waals surface area contributed by atoms with Gasteiger partial charge >= 0.3 is 6.09 Å². The number of carbonyl (C=O) groups is 1. The molecule has 5 heteroatoms. The van der Waals surface area contributed by atoms with Crippen molar-refractivity contribution in [3.8, 4) is 0 Å². The van der Waals surface area contributed by atoms with Crippen LogP contribution in [0.4, 0.5) is 9.18 Å². The maximum Gasteiger partial charge on any atom is 0.410 e. The molecule has 2 aromatic rings. The Hall–Kier alpha value is -2.40. The van der Waals surface area contributed by atoms with Crippen LogP contribution in [0.3, 0.4) is 0 Å². The van der Waals surface area contributed by atoms with Crippen LogP contribution in [0.15, 0.2) is 54.6 Å². The fraction of sp³-hybridized carbons (Fsp3) is 0.278. The second kappa shape index (κ2) is 6.79. The molecule has 0 aliphatic carbocycles. The Balaban J connectivity index is 1.71. The first kappa shape index (κ1) is 15.5. The number of likely N-dealkylation sites (tertiary alicyclic amines) is 1. The molecule has 1 aliphatic rings. The van der Waals surface area contributed by atoms with Gasteiger partial charge in [-0.15, -0.1) is 0 Å². The van der Waals surface area contributed by atoms with E-state index in [2.05, 4.69) is 0 Å². The van der Waals surface area contributed by atoms with Crippen molar-refractivity contribution in [1.29, 1.82) is 0 Å². The second-order valence-electron chi connectivity index (χ2n) is 5.59. The minimum atomic E-state index is -0.721. The molecule has 2 atom stereocenters. The zero-order chi connectivity index (χ0) is 16.2. The predicted molar refractivity (Wildman–Crippen MR) is 83.1 cm³/mol. The molecule has 0 bridgehead atoms. The van der Waals surface area contributed by atoms with Crippen LogP contribution in [0.25, 0.3) is 0 Å². The Morgan fingerprint density at radius 2 is 2.00 bits per heavy atom. The van der Waals surface area contributed by atoms with Crippen molar-refractivity contribution in [2.24, 2.45) is 0 Å². The Bertz CT molecular complexity index is 677. The molecule has 1 amide bonds. The third kappa shape index (κ3) is 3.51. The number of benzene rings is 2. The van der Waals surface area contributed by atoms with Crippen LogP contribution in [0.2, 0.25) is 0 Å². The Morgan fingerprint density at radius 1 is 1.22 bits per heavy atom. The number of ether oxygens (including phenoxy) is 1. The van der Waals surface area contributed by atoms with Gasteiger partial charge in [-0.25, -0.2) is 9.18 Å². The summed E-state index contributed by atoms with van der Waals surface area (Å²) in [5, 5.41) is 10.2. The lowest BCUT2D eigenvalue weighted by Gasteiger charge is -2.26. The third-order valence-electron chi connectivity index (χ3n) is 4.00. The quantitative estimate of drug-likeness (QED) is 0.946. The molecule has 0 aromatic heterocycles. The standard InChI is InChI=1S/C18H18FNO3/c19-15-8-4-7-14(11-15)17-16(21)9-10-20(17)18(22)23-12-13-5-2-1-3-6-13/h1-8,11,16-17,21H,9-10,12H2/t16-,17-/m1/s1. The molecule has 0 saturated carbocycles. The van der Waals surface area contributed by atoms with Crippen LogP contribution in [-0.4, -0.2) is 28.7 Å². The van der Waals surface area contributed by atoms with E-state index < -0.39 is 18.2 Å². The van der Waals surface area contributed by atoms with Crippen LogP contribution in [0, 0.1) is 5.82 Å². The van der Waals surface area contributed by atoms with Gasteiger partial charge in [-0.2, -0.15) is 0 Å². The van der Waals surface area contributed by atoms with E-state index in [4.69, 9.17) is 4.74 Å². The molecular formula is C18H18FNO3. The number of hydrogen-bond donors (Lipinski definition) is 1. The number of nitrogens with zero attached hydrogens (tertiary/aromatic N) is 1. The first-order valence-corrected chi connectivity index (χ1v) is 7.56. The van der Waals surface area contributed by atoms with Gasteiger partial charge in [0.25, 0.3) is 0 Å². The summed E-state index contributed by atoms with van der Waals surface area (Å²) in [4.78, 5) is 13.8. The lowest BCUT2D eigenvalue weighted by molar-refractivity contribution is 0.0714. The lowest BCUT2D eigenvalue weighted by Crippen LogP contribution is -2.33. The van der Waals surface area contributed by atoms with Crippen molar-refractivity contribution in [2.75, 3.05) is 6.54 Å². The number of amides is 1. The predicted octanol–water partition coefficient (Wildman–Crippen LogP) is 3.27. The van der Waals surface area contributed by atoms with Gasteiger partial charge in [0.15, 0.2) is 0 Å². The fourth-order valence-corrected chi connectivity index (χ4v) is 2.88. The highest BCUT2D eigenvalue weighted by molar-refractivity contribution is 5.69. The molecule has 2 aromatic carbocycles. The van der Waals surface area contributed by atoms with Crippen molar-refractivity contribution in [3.05, 3.63) is 71.5 Å². The van der Waals surface area contributed by atoms with E-state index >= 15 is 0 Å². The molecule has 0 radical (unpaired) electrons. The molecule has 4 nitrogen and oxygen atoms in total. The van der Waals surface area contributed by atoms with Crippen molar-refractivity contribution < 1.29 is 19.0 Å². The van der Waals surface area contributed by atoms with E-state index in [0.717, 1.165) is 5.56 Å². The van der Waals surface area contributed by atoms with Gasteiger partial charge in [0.05, 0.1) is 12.1 Å². The van der Waals surface area contributed by atoms with Crippen LogP contribution in [0.1, 0.15) is 23.6 Å². The molecule has 0 spiro atoms. The summed E-state index contributed by atoms with van der Waals surface area (Å²) < 4.78 is 18.8. The average Bonchev–Trinajstić information content (AvgIpc) is 2.95. The maximum atomic E-state index is 13.4. The number of hydrogen-bond acceptors (Lipinski definition) is 3. The number of aliphatic hydroxyl groups is 1. The zero-order valence-electron chi connectivity index (χ0n) is 12.6. The average molecular weight is 315 g/mol. The molecule has 120 valence electrons. The number of carbonyl (C=O) groups excluding carboxylic acids is 1. The number of halogens is 1. The van der Waals surface area contributed by atoms with Crippen LogP contribution < -0.4 is 0 Å². The topological polar surface area (TPSA) is 49.8 Å². The van der Waals surface area contributed by atoms with E-state index in [0.29, 0.717) is 18.5 Å². The second-order valence-corrected chi connectivity index (χ2v) is 5.59. The van der Waals surface area contributed by atoms with Gasteiger partial charge in [0, 0.05) is 6.54 Å². The van der Waals surface area contributed by atoms with E-state index in [1.807, 2.05) is 30.3 Å². The maximum absolute atomic E-state index is 13.4. The SMILES string of the molecule is O=C(OCc1ccccc1)N1CC[C@@H](O)[C@H]1c1cccc(F)c1. The van der Waals surface area contributed by atoms with Crippen molar-refractivity contribution >= 4 is 6.09 Å². The fourth-order valence-electron chi connectivity index (χ4n) is 2.88. The third-order valence-corrected chi connectivity index (χ3v) is 4.00. The van der Waals surface area contributed by atoms with Crippen LogP contribution in [-0.2, 0) is 11.3 Å². The van der Waals surface area contributed by atoms with E-state index in [9.17, 15) is 14.3 Å². The molecule has 1 fully saturated rings. The summed E-state index contributed by atoms with van der Waals surface area (Å²) in [5.74, 6) is -0.390. The van der Waals surface area contributed by atoms with Gasteiger partial charge in [-0.3, -0.25) is 4.90 Å². The molecule has 3 rings (SSSR count). The largest absolute Gasteiger partial charge is 0.445 e. The van der Waals surface area contributed by atoms with Crippen molar-refractivity contribution in [2.45, 2.75) is 25.2 Å². The highest BCUT2D eigenvalue weighted by Gasteiger charge is 2.38. The Kier molecular flexibility index (Phi) is 4.57. The number of aliphatic hydroxyl groups excluding tert-OH is 1. The van der Waals surface area contributed by atoms with Gasteiger partial charge in [0.1, 0.15) is 12.4 Å². The molecule has 1 saturated heterocycles. The van der Waals surface area contributed by atoms with Crippen LogP contribution >= 0.6 is 0 Å². The first-order valence-electron chi connectivity index (χ1n) is 7.56. The van der Waals surface area contributed by atoms with Crippen molar-refractivity contribution in [1.82, 2.24) is 4.90 Å². The summed E-state index contributed by atoms with van der Waals surface area (Å²) in [5.41, 5.74) is 1.47. The van der Waals surface area contributed by atoms with Gasteiger partial charge in [-0.05, 0) is 29.7 Å². The van der Waals surface area contributed by atoms with Crippen LogP contribution in [0.5, 0.6) is 0 Å². The minimum absolute atomic E-state index is 0.169. The summed E-state index contributed by atoms with van der Waals surface area (Å²) in [6.07, 6.45) is -0.775. The monoisotopic (exact) mass is 315 g/mol. The number of rotatable bonds is 3. The summed E-state index contributed by atoms with van der Waals surface area (Å²) in [7, 11) is 0. The molecule has 23 heavy (non-hydrogen) atoms. The highest BCUT2D eigenvalue weighted by atomic mass is 19.1. The summed E-state index contributed by atoms with van der Waals surface area (Å²) in [6, 6.07) is 14.8. The zero-order valence-corrected chi connectivity index (χ0v) is 12.6. The van der Waals surface area contributed by atoms with Crippen molar-refractivity contribution in [3.63, 3.8) is 0 Å². The molecule has 1 heterocycles.